The number of methoxy groups -OCH3 is 1. The van der Waals surface area contributed by atoms with E-state index >= 15 is 0 Å². The van der Waals surface area contributed by atoms with Gasteiger partial charge < -0.3 is 10.1 Å². The number of para-hydroxylation sites is 1. The van der Waals surface area contributed by atoms with Gasteiger partial charge in [0.25, 0.3) is 0 Å². The third-order valence-electron chi connectivity index (χ3n) is 3.08. The number of hydrogen-bond donors (Lipinski definition) is 1. The molecule has 23 heavy (non-hydrogen) atoms. The van der Waals surface area contributed by atoms with Crippen LogP contribution >= 0.6 is 0 Å². The molecule has 0 amide bonds. The van der Waals surface area contributed by atoms with Crippen LogP contribution in [-0.4, -0.2) is 24.5 Å². The fourth-order valence-electron chi connectivity index (χ4n) is 2.10. The lowest BCUT2D eigenvalue weighted by Crippen LogP contribution is -2.22. The Morgan fingerprint density at radius 2 is 1.61 bits per heavy atom. The first-order chi connectivity index (χ1) is 10.9. The molecule has 0 fully saturated rings. The monoisotopic (exact) mass is 310 g/mol. The van der Waals surface area contributed by atoms with Gasteiger partial charge in [-0.15, -0.1) is 0 Å². The standard InChI is InChI=1S/C19H22N2O2/c1-19(2,3)21-17(14-10-6-5-7-11-14)20-16-13-9-8-12-15(16)18(22)23-4/h5-13H,1-4H3,(H,20,21). The fraction of sp³-hybridized carbons (Fsp3) is 0.263. The van der Waals surface area contributed by atoms with Crippen molar-refractivity contribution in [1.82, 2.24) is 0 Å². The normalized spacial score (nSPS) is 11.9. The molecule has 1 N–H and O–H groups in total. The summed E-state index contributed by atoms with van der Waals surface area (Å²) >= 11 is 0. The van der Waals surface area contributed by atoms with Crippen molar-refractivity contribution in [2.75, 3.05) is 12.4 Å². The summed E-state index contributed by atoms with van der Waals surface area (Å²) in [6.45, 7) is 6.09. The van der Waals surface area contributed by atoms with Crippen molar-refractivity contribution in [2.45, 2.75) is 26.3 Å². The number of hydrogen-bond acceptors (Lipinski definition) is 3. The van der Waals surface area contributed by atoms with Crippen LogP contribution in [0, 0.1) is 0 Å². The largest absolute Gasteiger partial charge is 0.465 e. The quantitative estimate of drug-likeness (QED) is 0.527. The molecule has 0 atom stereocenters. The van der Waals surface area contributed by atoms with Crippen LogP contribution in [0.15, 0.2) is 59.6 Å². The second kappa shape index (κ2) is 7.09. The van der Waals surface area contributed by atoms with E-state index in [4.69, 9.17) is 9.73 Å². The number of amidine groups is 1. The second-order valence-corrected chi connectivity index (χ2v) is 6.16. The summed E-state index contributed by atoms with van der Waals surface area (Å²) in [7, 11) is 1.38. The number of anilines is 1. The van der Waals surface area contributed by atoms with Gasteiger partial charge in [-0.25, -0.2) is 4.79 Å². The summed E-state index contributed by atoms with van der Waals surface area (Å²) in [5.41, 5.74) is 1.86. The van der Waals surface area contributed by atoms with Gasteiger partial charge in [0.2, 0.25) is 0 Å². The van der Waals surface area contributed by atoms with Crippen LogP contribution < -0.4 is 5.32 Å². The van der Waals surface area contributed by atoms with Crippen molar-refractivity contribution in [3.05, 3.63) is 65.7 Å². The predicted octanol–water partition coefficient (Wildman–Crippen LogP) is 4.13. The lowest BCUT2D eigenvalue weighted by atomic mass is 10.1. The van der Waals surface area contributed by atoms with Crippen LogP contribution in [0.1, 0.15) is 36.7 Å². The number of benzene rings is 2. The molecule has 120 valence electrons. The summed E-state index contributed by atoms with van der Waals surface area (Å²) in [4.78, 5) is 16.7. The van der Waals surface area contributed by atoms with Gasteiger partial charge in [-0.1, -0.05) is 42.5 Å². The zero-order valence-corrected chi connectivity index (χ0v) is 14.0. The molecular weight excluding hydrogens is 288 g/mol. The van der Waals surface area contributed by atoms with E-state index in [9.17, 15) is 4.79 Å². The number of nitrogens with one attached hydrogen (secondary N) is 1. The van der Waals surface area contributed by atoms with Gasteiger partial charge in [0, 0.05) is 5.56 Å². The smallest absolute Gasteiger partial charge is 0.339 e. The summed E-state index contributed by atoms with van der Waals surface area (Å²) in [5.74, 6) is 0.339. The Bertz CT molecular complexity index is 701. The summed E-state index contributed by atoms with van der Waals surface area (Å²) in [6, 6.07) is 17.1. The van der Waals surface area contributed by atoms with E-state index in [-0.39, 0.29) is 11.5 Å². The van der Waals surface area contributed by atoms with Crippen LogP contribution in [0.5, 0.6) is 0 Å². The average molecular weight is 310 g/mol. The molecule has 4 nitrogen and oxygen atoms in total. The van der Waals surface area contributed by atoms with Crippen molar-refractivity contribution in [3.63, 3.8) is 0 Å². The summed E-state index contributed by atoms with van der Waals surface area (Å²) in [5, 5.41) is 3.28. The predicted molar refractivity (Wildman–Crippen MR) is 94.1 cm³/mol. The summed E-state index contributed by atoms with van der Waals surface area (Å²) < 4.78 is 4.85. The molecule has 2 rings (SSSR count). The molecule has 0 heterocycles. The highest BCUT2D eigenvalue weighted by Gasteiger charge is 2.16. The maximum atomic E-state index is 11.9. The van der Waals surface area contributed by atoms with Crippen LogP contribution in [0.4, 0.5) is 5.69 Å². The molecule has 0 aliphatic carbocycles. The van der Waals surface area contributed by atoms with Crippen LogP contribution in [0.2, 0.25) is 0 Å². The first kappa shape index (κ1) is 16.7. The van der Waals surface area contributed by atoms with E-state index in [0.29, 0.717) is 11.3 Å². The number of rotatable bonds is 3. The zero-order chi connectivity index (χ0) is 16.9. The Hall–Kier alpha value is -2.62. The van der Waals surface area contributed by atoms with Gasteiger partial charge in [-0.3, -0.25) is 4.99 Å². The highest BCUT2D eigenvalue weighted by atomic mass is 16.5. The molecule has 0 aromatic heterocycles. The Morgan fingerprint density at radius 3 is 2.22 bits per heavy atom. The van der Waals surface area contributed by atoms with Crippen molar-refractivity contribution in [2.24, 2.45) is 4.99 Å². The first-order valence-electron chi connectivity index (χ1n) is 7.50. The average Bonchev–Trinajstić information content (AvgIpc) is 2.53. The molecule has 0 unspecified atom stereocenters. The molecule has 2 aromatic carbocycles. The van der Waals surface area contributed by atoms with Gasteiger partial charge in [0.05, 0.1) is 23.9 Å². The van der Waals surface area contributed by atoms with Gasteiger partial charge in [0.15, 0.2) is 0 Å². The van der Waals surface area contributed by atoms with Gasteiger partial charge in [-0.2, -0.15) is 0 Å². The first-order valence-corrected chi connectivity index (χ1v) is 7.50. The van der Waals surface area contributed by atoms with Crippen molar-refractivity contribution in [3.8, 4) is 0 Å². The second-order valence-electron chi connectivity index (χ2n) is 6.16. The third kappa shape index (κ3) is 4.68. The topological polar surface area (TPSA) is 50.7 Å². The van der Waals surface area contributed by atoms with Crippen molar-refractivity contribution < 1.29 is 9.53 Å². The minimum atomic E-state index is -0.378. The molecular formula is C19H22N2O2. The summed E-state index contributed by atoms with van der Waals surface area (Å²) in [6.07, 6.45) is 0. The van der Waals surface area contributed by atoms with E-state index in [1.165, 1.54) is 7.11 Å². The van der Waals surface area contributed by atoms with E-state index in [1.54, 1.807) is 12.1 Å². The molecule has 0 spiro atoms. The molecule has 4 heteroatoms. The van der Waals surface area contributed by atoms with Crippen molar-refractivity contribution >= 4 is 17.5 Å². The van der Waals surface area contributed by atoms with Crippen LogP contribution in [0.25, 0.3) is 0 Å². The Kier molecular flexibility index (Phi) is 5.16. The molecule has 0 aliphatic heterocycles. The molecule has 0 aliphatic rings. The number of esters is 1. The third-order valence-corrected chi connectivity index (χ3v) is 3.08. The molecule has 2 aromatic rings. The molecule has 0 saturated heterocycles. The number of nitrogens with zero attached hydrogens (tertiary/aromatic N) is 1. The minimum absolute atomic E-state index is 0.252. The highest BCUT2D eigenvalue weighted by Crippen LogP contribution is 2.19. The lowest BCUT2D eigenvalue weighted by Gasteiger charge is -2.19. The Morgan fingerprint density at radius 1 is 1.00 bits per heavy atom. The van der Waals surface area contributed by atoms with Gasteiger partial charge >= 0.3 is 5.97 Å². The number of aliphatic imine (C=N–C) groups is 1. The molecule has 0 saturated carbocycles. The van der Waals surface area contributed by atoms with E-state index < -0.39 is 0 Å². The fourth-order valence-corrected chi connectivity index (χ4v) is 2.10. The number of ether oxygens (including phenoxy) is 1. The van der Waals surface area contributed by atoms with E-state index in [0.717, 1.165) is 11.4 Å². The minimum Gasteiger partial charge on any atom is -0.465 e. The number of carbonyl (C=O) groups is 1. The van der Waals surface area contributed by atoms with Gasteiger partial charge in [0.1, 0.15) is 5.84 Å². The van der Waals surface area contributed by atoms with Crippen LogP contribution in [-0.2, 0) is 4.74 Å². The zero-order valence-electron chi connectivity index (χ0n) is 14.0. The molecule has 0 bridgehead atoms. The molecule has 0 radical (unpaired) electrons. The highest BCUT2D eigenvalue weighted by molar-refractivity contribution is 6.11. The van der Waals surface area contributed by atoms with Crippen molar-refractivity contribution in [1.29, 1.82) is 0 Å². The van der Waals surface area contributed by atoms with E-state index in [2.05, 4.69) is 5.32 Å². The van der Waals surface area contributed by atoms with E-state index in [1.807, 2.05) is 63.2 Å². The number of carbonyl (C=O) groups excluding carboxylic acids is 1. The van der Waals surface area contributed by atoms with Crippen LogP contribution in [0.3, 0.4) is 0 Å². The Balaban J connectivity index is 2.44. The van der Waals surface area contributed by atoms with Gasteiger partial charge in [-0.05, 0) is 32.9 Å². The SMILES string of the molecule is COC(=O)c1ccccc1NC(=NC(C)(C)C)c1ccccc1. The Labute approximate surface area is 137 Å². The lowest BCUT2D eigenvalue weighted by molar-refractivity contribution is 0.0602. The maximum absolute atomic E-state index is 11.9. The maximum Gasteiger partial charge on any atom is 0.339 e.